The van der Waals surface area contributed by atoms with E-state index in [0.29, 0.717) is 0 Å². The second-order valence-corrected chi connectivity index (χ2v) is 6.29. The van der Waals surface area contributed by atoms with Crippen LogP contribution in [0.15, 0.2) is 36.5 Å². The summed E-state index contributed by atoms with van der Waals surface area (Å²) in [5.41, 5.74) is -1.77. The molecule has 0 spiro atoms. The summed E-state index contributed by atoms with van der Waals surface area (Å²) in [6, 6.07) is 5.94. The van der Waals surface area contributed by atoms with Gasteiger partial charge < -0.3 is 0 Å². The fraction of sp³-hybridized carbons (Fsp3) is 0.294. The van der Waals surface area contributed by atoms with E-state index in [0.717, 1.165) is 16.5 Å². The molecular weight excluding hydrogens is 360 g/mol. The van der Waals surface area contributed by atoms with Crippen LogP contribution in [-0.2, 0) is 12.6 Å². The summed E-state index contributed by atoms with van der Waals surface area (Å²) >= 11 is 0. The van der Waals surface area contributed by atoms with E-state index in [2.05, 4.69) is 10.2 Å². The van der Waals surface area contributed by atoms with E-state index >= 15 is 0 Å². The number of halogens is 6. The minimum absolute atomic E-state index is 0.0399. The van der Waals surface area contributed by atoms with Gasteiger partial charge in [-0.1, -0.05) is 12.1 Å². The molecule has 1 atom stereocenters. The Kier molecular flexibility index (Phi) is 3.54. The lowest BCUT2D eigenvalue weighted by Gasteiger charge is -2.14. The number of aromatic nitrogens is 3. The fourth-order valence-corrected chi connectivity index (χ4v) is 3.03. The molecule has 136 valence electrons. The first-order valence-electron chi connectivity index (χ1n) is 7.74. The number of pyridine rings is 1. The Labute approximate surface area is 143 Å². The second-order valence-electron chi connectivity index (χ2n) is 6.29. The van der Waals surface area contributed by atoms with Crippen LogP contribution >= 0.6 is 0 Å². The van der Waals surface area contributed by atoms with Crippen LogP contribution in [0.25, 0.3) is 16.8 Å². The van der Waals surface area contributed by atoms with Crippen molar-refractivity contribution in [3.8, 4) is 11.1 Å². The number of benzene rings is 1. The highest BCUT2D eigenvalue weighted by Crippen LogP contribution is 2.50. The van der Waals surface area contributed by atoms with Gasteiger partial charge in [0.15, 0.2) is 5.65 Å². The molecule has 0 bridgehead atoms. The average Bonchev–Trinajstić information content (AvgIpc) is 2.97. The number of rotatable bonds is 3. The Morgan fingerprint density at radius 2 is 1.88 bits per heavy atom. The Balaban J connectivity index is 1.87. The second kappa shape index (κ2) is 5.46. The number of alkyl halides is 5. The molecule has 4 rings (SSSR count). The van der Waals surface area contributed by atoms with E-state index in [4.69, 9.17) is 0 Å². The zero-order chi connectivity index (χ0) is 18.7. The van der Waals surface area contributed by atoms with Gasteiger partial charge in [0.05, 0.1) is 0 Å². The van der Waals surface area contributed by atoms with Crippen LogP contribution in [0.3, 0.4) is 0 Å². The van der Waals surface area contributed by atoms with E-state index in [9.17, 15) is 26.3 Å². The third-order valence-electron chi connectivity index (χ3n) is 4.45. The number of hydrogen-bond acceptors (Lipinski definition) is 2. The van der Waals surface area contributed by atoms with Crippen molar-refractivity contribution >= 4 is 5.65 Å². The Hall–Kier alpha value is -2.58. The van der Waals surface area contributed by atoms with Crippen molar-refractivity contribution in [2.45, 2.75) is 24.9 Å². The Morgan fingerprint density at radius 3 is 2.50 bits per heavy atom. The fourth-order valence-electron chi connectivity index (χ4n) is 3.03. The quantitative estimate of drug-likeness (QED) is 0.622. The molecule has 2 aromatic heterocycles. The molecule has 3 nitrogen and oxygen atoms in total. The summed E-state index contributed by atoms with van der Waals surface area (Å²) in [6.45, 7) is 0. The molecule has 0 amide bonds. The SMILES string of the molecule is Fc1cccc(-c2ccn3c(CC4CC4(F)F)nnc3c2C(F)(F)F)c1. The number of nitrogens with zero attached hydrogens (tertiary/aromatic N) is 3. The van der Waals surface area contributed by atoms with Gasteiger partial charge in [0.1, 0.15) is 17.2 Å². The van der Waals surface area contributed by atoms with Crippen LogP contribution in [0.4, 0.5) is 26.3 Å². The van der Waals surface area contributed by atoms with Crippen LogP contribution in [0.1, 0.15) is 17.8 Å². The summed E-state index contributed by atoms with van der Waals surface area (Å²) in [5.74, 6) is -4.38. The van der Waals surface area contributed by atoms with Gasteiger partial charge >= 0.3 is 6.18 Å². The molecule has 1 fully saturated rings. The number of hydrogen-bond donors (Lipinski definition) is 0. The molecule has 0 radical (unpaired) electrons. The molecule has 0 aliphatic heterocycles. The molecule has 1 aliphatic carbocycles. The van der Waals surface area contributed by atoms with E-state index in [1.54, 1.807) is 0 Å². The maximum absolute atomic E-state index is 13.7. The van der Waals surface area contributed by atoms with Crippen LogP contribution in [0.5, 0.6) is 0 Å². The van der Waals surface area contributed by atoms with Crippen molar-refractivity contribution in [3.63, 3.8) is 0 Å². The molecule has 1 aromatic carbocycles. The largest absolute Gasteiger partial charge is 0.420 e. The van der Waals surface area contributed by atoms with Crippen molar-refractivity contribution in [1.29, 1.82) is 0 Å². The minimum Gasteiger partial charge on any atom is -0.286 e. The summed E-state index contributed by atoms with van der Waals surface area (Å²) in [6.07, 6.45) is -3.96. The highest BCUT2D eigenvalue weighted by molar-refractivity contribution is 5.74. The summed E-state index contributed by atoms with van der Waals surface area (Å²) in [5, 5.41) is 7.25. The maximum Gasteiger partial charge on any atom is 0.420 e. The predicted octanol–water partition coefficient (Wildman–Crippen LogP) is 4.75. The first-order chi connectivity index (χ1) is 12.2. The van der Waals surface area contributed by atoms with Crippen molar-refractivity contribution in [1.82, 2.24) is 14.6 Å². The van der Waals surface area contributed by atoms with Gasteiger partial charge in [-0.2, -0.15) is 13.2 Å². The van der Waals surface area contributed by atoms with Crippen molar-refractivity contribution in [3.05, 3.63) is 53.7 Å². The normalized spacial score (nSPS) is 19.1. The van der Waals surface area contributed by atoms with Gasteiger partial charge in [-0.3, -0.25) is 4.40 Å². The highest BCUT2D eigenvalue weighted by Gasteiger charge is 2.57. The first kappa shape index (κ1) is 16.9. The molecule has 1 unspecified atom stereocenters. The third kappa shape index (κ3) is 2.81. The van der Waals surface area contributed by atoms with Crippen molar-refractivity contribution < 1.29 is 26.3 Å². The van der Waals surface area contributed by atoms with Gasteiger partial charge in [0, 0.05) is 25.0 Å². The molecular formula is C17H11F6N3. The van der Waals surface area contributed by atoms with Gasteiger partial charge in [-0.05, 0) is 29.3 Å². The highest BCUT2D eigenvalue weighted by atomic mass is 19.4. The van der Waals surface area contributed by atoms with Gasteiger partial charge in [0.2, 0.25) is 0 Å². The number of fused-ring (bicyclic) bond motifs is 1. The van der Waals surface area contributed by atoms with E-state index < -0.39 is 35.0 Å². The summed E-state index contributed by atoms with van der Waals surface area (Å²) in [7, 11) is 0. The zero-order valence-electron chi connectivity index (χ0n) is 13.1. The third-order valence-corrected chi connectivity index (χ3v) is 4.45. The Morgan fingerprint density at radius 1 is 1.15 bits per heavy atom. The lowest BCUT2D eigenvalue weighted by Crippen LogP contribution is -2.11. The van der Waals surface area contributed by atoms with E-state index in [1.807, 2.05) is 0 Å². The Bertz CT molecular complexity index is 992. The van der Waals surface area contributed by atoms with Gasteiger partial charge in [0.25, 0.3) is 5.92 Å². The van der Waals surface area contributed by atoms with Gasteiger partial charge in [-0.25, -0.2) is 13.2 Å². The molecule has 3 aromatic rings. The summed E-state index contributed by atoms with van der Waals surface area (Å²) in [4.78, 5) is 0. The van der Waals surface area contributed by atoms with Crippen molar-refractivity contribution in [2.75, 3.05) is 0 Å². The van der Waals surface area contributed by atoms with Crippen LogP contribution < -0.4 is 0 Å². The lowest BCUT2D eigenvalue weighted by atomic mass is 10.0. The molecule has 1 saturated carbocycles. The first-order valence-corrected chi connectivity index (χ1v) is 7.74. The molecule has 9 heteroatoms. The summed E-state index contributed by atoms with van der Waals surface area (Å²) < 4.78 is 81.8. The lowest BCUT2D eigenvalue weighted by molar-refractivity contribution is -0.136. The standard InChI is InChI=1S/C17H11F6N3/c18-11-3-1-2-9(6-11)12-4-5-26-13(7-10-8-16(10,19)20)24-25-15(26)14(12)17(21,22)23/h1-6,10H,7-8H2. The van der Waals surface area contributed by atoms with Crippen molar-refractivity contribution in [2.24, 2.45) is 5.92 Å². The molecule has 0 saturated heterocycles. The van der Waals surface area contributed by atoms with E-state index in [-0.39, 0.29) is 29.8 Å². The minimum atomic E-state index is -4.78. The zero-order valence-corrected chi connectivity index (χ0v) is 13.1. The monoisotopic (exact) mass is 371 g/mol. The molecule has 0 N–H and O–H groups in total. The van der Waals surface area contributed by atoms with Crippen LogP contribution in [0.2, 0.25) is 0 Å². The molecule has 26 heavy (non-hydrogen) atoms. The topological polar surface area (TPSA) is 30.2 Å². The van der Waals surface area contributed by atoms with Crippen LogP contribution in [0, 0.1) is 11.7 Å². The van der Waals surface area contributed by atoms with E-state index in [1.165, 1.54) is 24.4 Å². The van der Waals surface area contributed by atoms with Gasteiger partial charge in [-0.15, -0.1) is 10.2 Å². The smallest absolute Gasteiger partial charge is 0.286 e. The average molecular weight is 371 g/mol. The molecule has 2 heterocycles. The molecule has 1 aliphatic rings. The van der Waals surface area contributed by atoms with Crippen LogP contribution in [-0.4, -0.2) is 20.5 Å². The maximum atomic E-state index is 13.7. The predicted molar refractivity (Wildman–Crippen MR) is 80.1 cm³/mol.